The van der Waals surface area contributed by atoms with E-state index in [1.54, 1.807) is 32.9 Å². The van der Waals surface area contributed by atoms with Gasteiger partial charge in [-0.15, -0.1) is 11.3 Å². The van der Waals surface area contributed by atoms with Gasteiger partial charge in [0.05, 0.1) is 4.88 Å². The van der Waals surface area contributed by atoms with E-state index in [9.17, 15) is 18.0 Å². The molecule has 0 amide bonds. The molecule has 0 aromatic carbocycles. The molecule has 20 heavy (non-hydrogen) atoms. The number of esters is 1. The third kappa shape index (κ3) is 5.83. The fourth-order valence-corrected chi connectivity index (χ4v) is 3.43. The molecule has 0 saturated carbocycles. The maximum atomic E-state index is 11.8. The molecule has 0 bridgehead atoms. The van der Waals surface area contributed by atoms with Gasteiger partial charge in [-0.2, -0.15) is 0 Å². The van der Waals surface area contributed by atoms with E-state index in [4.69, 9.17) is 4.74 Å². The number of sulfone groups is 1. The largest absolute Gasteiger partial charge is 0.459 e. The SMILES string of the molecule is Cc1ccc(C(=O)CS(=O)(=O)CC(=O)OC(C)(C)C)s1. The first-order chi connectivity index (χ1) is 8.98. The van der Waals surface area contributed by atoms with Crippen LogP contribution in [0.5, 0.6) is 0 Å². The van der Waals surface area contributed by atoms with Gasteiger partial charge in [0.15, 0.2) is 15.6 Å². The van der Waals surface area contributed by atoms with Gasteiger partial charge < -0.3 is 4.74 Å². The Hall–Kier alpha value is -1.21. The summed E-state index contributed by atoms with van der Waals surface area (Å²) in [6.07, 6.45) is 0. The Kier molecular flexibility index (Phi) is 5.10. The topological polar surface area (TPSA) is 77.5 Å². The van der Waals surface area contributed by atoms with E-state index in [1.807, 2.05) is 6.92 Å². The average Bonchev–Trinajstić information content (AvgIpc) is 2.59. The third-order valence-electron chi connectivity index (χ3n) is 2.12. The zero-order valence-electron chi connectivity index (χ0n) is 11.9. The van der Waals surface area contributed by atoms with Crippen LogP contribution < -0.4 is 0 Å². The van der Waals surface area contributed by atoms with E-state index in [-0.39, 0.29) is 0 Å². The second-order valence-electron chi connectivity index (χ2n) is 5.45. The second-order valence-corrected chi connectivity index (χ2v) is 8.80. The number of Topliss-reactive ketones (excluding diaryl/α,β-unsaturated/α-hetero) is 1. The van der Waals surface area contributed by atoms with Gasteiger partial charge in [-0.3, -0.25) is 9.59 Å². The van der Waals surface area contributed by atoms with Crippen LogP contribution in [0.3, 0.4) is 0 Å². The molecule has 0 saturated heterocycles. The average molecular weight is 318 g/mol. The summed E-state index contributed by atoms with van der Waals surface area (Å²) in [5.74, 6) is -2.79. The molecule has 1 aromatic rings. The lowest BCUT2D eigenvalue weighted by Gasteiger charge is -2.19. The summed E-state index contributed by atoms with van der Waals surface area (Å²) in [6.45, 7) is 6.78. The molecule has 7 heteroatoms. The van der Waals surface area contributed by atoms with Gasteiger partial charge in [0.2, 0.25) is 0 Å². The van der Waals surface area contributed by atoms with Crippen molar-refractivity contribution in [1.29, 1.82) is 0 Å². The van der Waals surface area contributed by atoms with Crippen LogP contribution in [-0.4, -0.2) is 37.3 Å². The number of rotatable bonds is 5. The lowest BCUT2D eigenvalue weighted by molar-refractivity contribution is -0.151. The van der Waals surface area contributed by atoms with Gasteiger partial charge in [-0.25, -0.2) is 8.42 Å². The van der Waals surface area contributed by atoms with Crippen LogP contribution in [0.15, 0.2) is 12.1 Å². The van der Waals surface area contributed by atoms with Crippen LogP contribution in [0.25, 0.3) is 0 Å². The molecule has 1 rings (SSSR count). The van der Waals surface area contributed by atoms with Crippen molar-refractivity contribution in [3.05, 3.63) is 21.9 Å². The second kappa shape index (κ2) is 6.05. The number of carbonyl (C=O) groups excluding carboxylic acids is 2. The molecule has 0 spiro atoms. The lowest BCUT2D eigenvalue weighted by Crippen LogP contribution is -2.30. The number of ketones is 1. The molecular weight excluding hydrogens is 300 g/mol. The fraction of sp³-hybridized carbons (Fsp3) is 0.538. The highest BCUT2D eigenvalue weighted by Crippen LogP contribution is 2.16. The molecule has 5 nitrogen and oxygen atoms in total. The minimum Gasteiger partial charge on any atom is -0.459 e. The number of aryl methyl sites for hydroxylation is 1. The Morgan fingerprint density at radius 3 is 2.25 bits per heavy atom. The van der Waals surface area contributed by atoms with Gasteiger partial charge in [0.25, 0.3) is 0 Å². The van der Waals surface area contributed by atoms with Crippen LogP contribution in [0.2, 0.25) is 0 Å². The molecule has 0 unspecified atom stereocenters. The van der Waals surface area contributed by atoms with E-state index in [0.29, 0.717) is 4.88 Å². The molecule has 0 fully saturated rings. The molecule has 0 radical (unpaired) electrons. The molecule has 0 N–H and O–H groups in total. The fourth-order valence-electron chi connectivity index (χ4n) is 1.46. The molecule has 1 aromatic heterocycles. The Balaban J connectivity index is 2.66. The number of hydrogen-bond acceptors (Lipinski definition) is 6. The Morgan fingerprint density at radius 2 is 1.80 bits per heavy atom. The highest BCUT2D eigenvalue weighted by molar-refractivity contribution is 7.92. The maximum Gasteiger partial charge on any atom is 0.321 e. The monoisotopic (exact) mass is 318 g/mol. The predicted octanol–water partition coefficient (Wildman–Crippen LogP) is 2.00. The van der Waals surface area contributed by atoms with Crippen molar-refractivity contribution in [3.63, 3.8) is 0 Å². The highest BCUT2D eigenvalue weighted by Gasteiger charge is 2.25. The predicted molar refractivity (Wildman–Crippen MR) is 77.9 cm³/mol. The quantitative estimate of drug-likeness (QED) is 0.613. The van der Waals surface area contributed by atoms with Crippen LogP contribution in [-0.2, 0) is 19.4 Å². The molecule has 0 aliphatic rings. The van der Waals surface area contributed by atoms with Crippen molar-refractivity contribution >= 4 is 32.9 Å². The standard InChI is InChI=1S/C13H18O5S2/c1-9-5-6-11(19-9)10(14)7-20(16,17)8-12(15)18-13(2,3)4/h5-6H,7-8H2,1-4H3. The summed E-state index contributed by atoms with van der Waals surface area (Å²) in [4.78, 5) is 24.6. The minimum absolute atomic E-state index is 0.385. The van der Waals surface area contributed by atoms with E-state index in [2.05, 4.69) is 0 Å². The summed E-state index contributed by atoms with van der Waals surface area (Å²) >= 11 is 1.24. The normalized spacial score (nSPS) is 12.2. The van der Waals surface area contributed by atoms with Crippen LogP contribution in [0, 0.1) is 6.92 Å². The summed E-state index contributed by atoms with van der Waals surface area (Å²) in [6, 6.07) is 3.34. The molecular formula is C13H18O5S2. The van der Waals surface area contributed by atoms with Gasteiger partial charge in [0, 0.05) is 4.88 Å². The maximum absolute atomic E-state index is 11.8. The van der Waals surface area contributed by atoms with Crippen LogP contribution >= 0.6 is 11.3 Å². The van der Waals surface area contributed by atoms with Gasteiger partial charge >= 0.3 is 5.97 Å². The summed E-state index contributed by atoms with van der Waals surface area (Å²) in [7, 11) is -3.81. The molecule has 1 heterocycles. The molecule has 0 aliphatic carbocycles. The van der Waals surface area contributed by atoms with Crippen molar-refractivity contribution in [2.45, 2.75) is 33.3 Å². The number of hydrogen-bond donors (Lipinski definition) is 0. The Morgan fingerprint density at radius 1 is 1.20 bits per heavy atom. The lowest BCUT2D eigenvalue weighted by atomic mass is 10.2. The zero-order valence-corrected chi connectivity index (χ0v) is 13.6. The van der Waals surface area contributed by atoms with Crippen molar-refractivity contribution < 1.29 is 22.7 Å². The van der Waals surface area contributed by atoms with E-state index in [0.717, 1.165) is 4.88 Å². The van der Waals surface area contributed by atoms with Crippen molar-refractivity contribution in [2.75, 3.05) is 11.5 Å². The van der Waals surface area contributed by atoms with Crippen molar-refractivity contribution in [3.8, 4) is 0 Å². The first-order valence-corrected chi connectivity index (χ1v) is 8.64. The first-order valence-electron chi connectivity index (χ1n) is 6.00. The van der Waals surface area contributed by atoms with Gasteiger partial charge in [0.1, 0.15) is 17.1 Å². The van der Waals surface area contributed by atoms with Crippen LogP contribution in [0.1, 0.15) is 35.3 Å². The smallest absolute Gasteiger partial charge is 0.321 e. The Labute approximate surface area is 122 Å². The van der Waals surface area contributed by atoms with E-state index >= 15 is 0 Å². The van der Waals surface area contributed by atoms with Crippen LogP contribution in [0.4, 0.5) is 0 Å². The van der Waals surface area contributed by atoms with Gasteiger partial charge in [-0.1, -0.05) is 0 Å². The third-order valence-corrected chi connectivity index (χ3v) is 4.54. The van der Waals surface area contributed by atoms with Crippen molar-refractivity contribution in [1.82, 2.24) is 0 Å². The summed E-state index contributed by atoms with van der Waals surface area (Å²) in [5, 5.41) is 0. The van der Waals surface area contributed by atoms with Crippen molar-refractivity contribution in [2.24, 2.45) is 0 Å². The highest BCUT2D eigenvalue weighted by atomic mass is 32.2. The Bertz CT molecular complexity index is 605. The first kappa shape index (κ1) is 16.8. The minimum atomic E-state index is -3.81. The molecule has 0 atom stereocenters. The molecule has 0 aliphatic heterocycles. The summed E-state index contributed by atoms with van der Waals surface area (Å²) < 4.78 is 28.5. The van der Waals surface area contributed by atoms with E-state index in [1.165, 1.54) is 11.3 Å². The number of ether oxygens (including phenoxy) is 1. The zero-order chi connectivity index (χ0) is 15.6. The summed E-state index contributed by atoms with van der Waals surface area (Å²) in [5.41, 5.74) is -0.749. The van der Waals surface area contributed by atoms with E-state index < -0.39 is 38.7 Å². The molecule has 112 valence electrons. The number of carbonyl (C=O) groups is 2. The van der Waals surface area contributed by atoms with Gasteiger partial charge in [-0.05, 0) is 39.8 Å². The number of thiophene rings is 1.